The van der Waals surface area contributed by atoms with E-state index < -0.39 is 6.04 Å². The molecule has 0 bridgehead atoms. The van der Waals surface area contributed by atoms with Crippen molar-refractivity contribution in [1.29, 1.82) is 0 Å². The van der Waals surface area contributed by atoms with Gasteiger partial charge in [-0.15, -0.1) is 11.8 Å². The Morgan fingerprint density at radius 3 is 2.45 bits per heavy atom. The van der Waals surface area contributed by atoms with Crippen molar-refractivity contribution in [3.05, 3.63) is 66.2 Å². The molecule has 0 aliphatic carbocycles. The number of rotatable bonds is 9. The van der Waals surface area contributed by atoms with Crippen molar-refractivity contribution < 1.29 is 19.1 Å². The van der Waals surface area contributed by atoms with E-state index in [2.05, 4.69) is 0 Å². The third-order valence-corrected chi connectivity index (χ3v) is 6.04. The second kappa shape index (κ2) is 10.9. The summed E-state index contributed by atoms with van der Waals surface area (Å²) in [5.74, 6) is 0.653. The summed E-state index contributed by atoms with van der Waals surface area (Å²) in [5, 5.41) is -0.118. The van der Waals surface area contributed by atoms with Gasteiger partial charge in [0.2, 0.25) is 0 Å². The maximum atomic E-state index is 13.0. The zero-order valence-corrected chi connectivity index (χ0v) is 17.5. The molecule has 29 heavy (non-hydrogen) atoms. The number of para-hydroxylation sites is 1. The minimum atomic E-state index is -0.572. The topological polar surface area (TPSA) is 55.8 Å². The fourth-order valence-electron chi connectivity index (χ4n) is 3.20. The molecular weight excluding hydrogens is 386 g/mol. The highest BCUT2D eigenvalue weighted by molar-refractivity contribution is 8.00. The van der Waals surface area contributed by atoms with Crippen molar-refractivity contribution in [2.75, 3.05) is 19.0 Å². The molecule has 0 radical (unpaired) electrons. The highest BCUT2D eigenvalue weighted by atomic mass is 32.2. The van der Waals surface area contributed by atoms with Crippen LogP contribution in [0.1, 0.15) is 25.3 Å². The Balaban J connectivity index is 1.70. The van der Waals surface area contributed by atoms with Crippen LogP contribution in [-0.4, -0.2) is 47.2 Å². The molecule has 154 valence electrons. The fraction of sp³-hybridized carbons (Fsp3) is 0.391. The number of hydrogen-bond acceptors (Lipinski definition) is 5. The van der Waals surface area contributed by atoms with Crippen LogP contribution in [0.2, 0.25) is 0 Å². The van der Waals surface area contributed by atoms with Gasteiger partial charge in [0, 0.05) is 12.2 Å². The van der Waals surface area contributed by atoms with E-state index in [1.165, 1.54) is 0 Å². The first-order chi connectivity index (χ1) is 14.2. The number of carbonyl (C=O) groups excluding carboxylic acids is 2. The molecule has 5 nitrogen and oxygen atoms in total. The smallest absolute Gasteiger partial charge is 0.329 e. The molecule has 6 heteroatoms. The highest BCUT2D eigenvalue weighted by Gasteiger charge is 2.42. The Bertz CT molecular complexity index is 784. The molecule has 2 unspecified atom stereocenters. The first-order valence-electron chi connectivity index (χ1n) is 10.00. The van der Waals surface area contributed by atoms with Crippen LogP contribution in [-0.2, 0) is 20.7 Å². The average molecular weight is 414 g/mol. The summed E-state index contributed by atoms with van der Waals surface area (Å²) in [6, 6.07) is 18.7. The van der Waals surface area contributed by atoms with Crippen LogP contribution < -0.4 is 4.74 Å². The van der Waals surface area contributed by atoms with Crippen molar-refractivity contribution in [3.63, 3.8) is 0 Å². The molecule has 1 fully saturated rings. The van der Waals surface area contributed by atoms with Gasteiger partial charge in [-0.05, 0) is 24.1 Å². The Morgan fingerprint density at radius 1 is 1.07 bits per heavy atom. The predicted octanol–water partition coefficient (Wildman–Crippen LogP) is 3.92. The lowest BCUT2D eigenvalue weighted by molar-refractivity contribution is -0.154. The number of amides is 1. The molecule has 1 amide bonds. The molecule has 0 N–H and O–H groups in total. The van der Waals surface area contributed by atoms with E-state index in [-0.39, 0.29) is 23.9 Å². The molecule has 1 heterocycles. The first kappa shape index (κ1) is 21.2. The third kappa shape index (κ3) is 6.00. The van der Waals surface area contributed by atoms with E-state index in [9.17, 15) is 9.59 Å². The summed E-state index contributed by atoms with van der Waals surface area (Å²) >= 11 is 1.62. The summed E-state index contributed by atoms with van der Waals surface area (Å²) in [6.45, 7) is 2.34. The van der Waals surface area contributed by atoms with Crippen molar-refractivity contribution in [3.8, 4) is 5.75 Å². The molecule has 1 saturated heterocycles. The van der Waals surface area contributed by atoms with Crippen LogP contribution in [0.15, 0.2) is 60.7 Å². The van der Waals surface area contributed by atoms with Gasteiger partial charge >= 0.3 is 5.97 Å². The van der Waals surface area contributed by atoms with Gasteiger partial charge in [0.05, 0.1) is 12.0 Å². The normalized spacial score (nSPS) is 18.4. The SMILES string of the molecule is CCCCOC(=O)C1CSC(Cc2ccccc2)N1C(=O)COc1ccccc1. The number of hydrogen-bond donors (Lipinski definition) is 0. The Labute approximate surface area is 176 Å². The second-order valence-corrected chi connectivity index (χ2v) is 8.13. The maximum Gasteiger partial charge on any atom is 0.329 e. The molecular formula is C23H27NO4S. The van der Waals surface area contributed by atoms with E-state index in [1.54, 1.807) is 16.7 Å². The maximum absolute atomic E-state index is 13.0. The zero-order valence-electron chi connectivity index (χ0n) is 16.7. The molecule has 1 aliphatic rings. The Hall–Kier alpha value is -2.47. The van der Waals surface area contributed by atoms with Gasteiger partial charge in [0.25, 0.3) is 5.91 Å². The molecule has 0 aromatic heterocycles. The number of thioether (sulfide) groups is 1. The van der Waals surface area contributed by atoms with Gasteiger partial charge in [-0.1, -0.05) is 61.9 Å². The minimum absolute atomic E-state index is 0.103. The molecule has 2 aromatic carbocycles. The van der Waals surface area contributed by atoms with Gasteiger partial charge in [0.1, 0.15) is 11.8 Å². The van der Waals surface area contributed by atoms with E-state index >= 15 is 0 Å². The number of nitrogens with zero attached hydrogens (tertiary/aromatic N) is 1. The van der Waals surface area contributed by atoms with E-state index in [1.807, 2.05) is 67.6 Å². The third-order valence-electron chi connectivity index (χ3n) is 4.75. The Morgan fingerprint density at radius 2 is 1.76 bits per heavy atom. The standard InChI is InChI=1S/C23H27NO4S/c1-2-3-14-27-23(26)20-17-29-22(15-18-10-6-4-7-11-18)24(20)21(25)16-28-19-12-8-5-9-13-19/h4-13,20,22H,2-3,14-17H2,1H3. The van der Waals surface area contributed by atoms with E-state index in [0.717, 1.165) is 18.4 Å². The van der Waals surface area contributed by atoms with Crippen molar-refractivity contribution in [1.82, 2.24) is 4.90 Å². The number of carbonyl (C=O) groups is 2. The van der Waals surface area contributed by atoms with Gasteiger partial charge in [0.15, 0.2) is 6.61 Å². The van der Waals surface area contributed by atoms with Crippen LogP contribution in [0.4, 0.5) is 0 Å². The lowest BCUT2D eigenvalue weighted by Gasteiger charge is -2.28. The largest absolute Gasteiger partial charge is 0.484 e. The lowest BCUT2D eigenvalue weighted by Crippen LogP contribution is -2.48. The van der Waals surface area contributed by atoms with Gasteiger partial charge in [-0.2, -0.15) is 0 Å². The number of esters is 1. The summed E-state index contributed by atoms with van der Waals surface area (Å²) < 4.78 is 11.1. The van der Waals surface area contributed by atoms with E-state index in [0.29, 0.717) is 24.5 Å². The predicted molar refractivity (Wildman–Crippen MR) is 115 cm³/mol. The van der Waals surface area contributed by atoms with Crippen LogP contribution >= 0.6 is 11.8 Å². The van der Waals surface area contributed by atoms with Crippen molar-refractivity contribution in [2.24, 2.45) is 0 Å². The lowest BCUT2D eigenvalue weighted by atomic mass is 10.1. The first-order valence-corrected chi connectivity index (χ1v) is 11.0. The quantitative estimate of drug-likeness (QED) is 0.461. The molecule has 3 rings (SSSR count). The Kier molecular flexibility index (Phi) is 7.99. The molecule has 2 aromatic rings. The highest BCUT2D eigenvalue weighted by Crippen LogP contribution is 2.32. The average Bonchev–Trinajstić information content (AvgIpc) is 3.17. The van der Waals surface area contributed by atoms with Crippen molar-refractivity contribution >= 4 is 23.6 Å². The number of unbranched alkanes of at least 4 members (excludes halogenated alkanes) is 1. The minimum Gasteiger partial charge on any atom is -0.484 e. The van der Waals surface area contributed by atoms with Crippen LogP contribution in [0.5, 0.6) is 5.75 Å². The van der Waals surface area contributed by atoms with Gasteiger partial charge < -0.3 is 14.4 Å². The van der Waals surface area contributed by atoms with Crippen molar-refractivity contribution in [2.45, 2.75) is 37.6 Å². The van der Waals surface area contributed by atoms with Crippen LogP contribution in [0.3, 0.4) is 0 Å². The fourth-order valence-corrected chi connectivity index (χ4v) is 4.64. The van der Waals surface area contributed by atoms with Crippen LogP contribution in [0, 0.1) is 0 Å². The van der Waals surface area contributed by atoms with Gasteiger partial charge in [-0.3, -0.25) is 4.79 Å². The molecule has 1 aliphatic heterocycles. The van der Waals surface area contributed by atoms with Crippen LogP contribution in [0.25, 0.3) is 0 Å². The number of ether oxygens (including phenoxy) is 2. The molecule has 0 spiro atoms. The summed E-state index contributed by atoms with van der Waals surface area (Å²) in [7, 11) is 0. The monoisotopic (exact) mass is 413 g/mol. The second-order valence-electron chi connectivity index (χ2n) is 6.92. The zero-order chi connectivity index (χ0) is 20.5. The van der Waals surface area contributed by atoms with Gasteiger partial charge in [-0.25, -0.2) is 4.79 Å². The summed E-state index contributed by atoms with van der Waals surface area (Å²) in [4.78, 5) is 27.3. The molecule has 0 saturated carbocycles. The van der Waals surface area contributed by atoms with E-state index in [4.69, 9.17) is 9.47 Å². The summed E-state index contributed by atoms with van der Waals surface area (Å²) in [6.07, 6.45) is 2.46. The number of benzene rings is 2. The molecule has 2 atom stereocenters. The summed E-state index contributed by atoms with van der Waals surface area (Å²) in [5.41, 5.74) is 1.13.